The molecular weight excluding hydrogens is 262 g/mol. The standard InChI is InChI=1S/C13H21N3O2S/c1-10(9-16(2)3)15-19(17,18)12-5-4-11-6-7-14-13(11)8-12/h4-5,8,10,14-15H,6-7,9H2,1-3H3. The van der Waals surface area contributed by atoms with E-state index in [0.29, 0.717) is 11.4 Å². The smallest absolute Gasteiger partial charge is 0.240 e. The summed E-state index contributed by atoms with van der Waals surface area (Å²) >= 11 is 0. The van der Waals surface area contributed by atoms with E-state index >= 15 is 0 Å². The third kappa shape index (κ3) is 3.46. The largest absolute Gasteiger partial charge is 0.384 e. The molecule has 19 heavy (non-hydrogen) atoms. The molecule has 106 valence electrons. The topological polar surface area (TPSA) is 61.4 Å². The first-order valence-electron chi connectivity index (χ1n) is 6.42. The highest BCUT2D eigenvalue weighted by atomic mass is 32.2. The van der Waals surface area contributed by atoms with Gasteiger partial charge in [0.1, 0.15) is 0 Å². The molecule has 1 heterocycles. The maximum atomic E-state index is 12.3. The van der Waals surface area contributed by atoms with Gasteiger partial charge in [-0.1, -0.05) is 6.07 Å². The van der Waals surface area contributed by atoms with Crippen LogP contribution in [0.2, 0.25) is 0 Å². The van der Waals surface area contributed by atoms with Crippen molar-refractivity contribution in [2.24, 2.45) is 0 Å². The van der Waals surface area contributed by atoms with Crippen LogP contribution in [0.25, 0.3) is 0 Å². The van der Waals surface area contributed by atoms with Crippen LogP contribution < -0.4 is 10.0 Å². The Labute approximate surface area is 115 Å². The van der Waals surface area contributed by atoms with Crippen LogP contribution in [0.3, 0.4) is 0 Å². The summed E-state index contributed by atoms with van der Waals surface area (Å²) in [6.45, 7) is 3.41. The Kier molecular flexibility index (Phi) is 4.13. The summed E-state index contributed by atoms with van der Waals surface area (Å²) in [7, 11) is 0.398. The van der Waals surface area contributed by atoms with Gasteiger partial charge in [-0.2, -0.15) is 0 Å². The number of sulfonamides is 1. The van der Waals surface area contributed by atoms with E-state index in [1.165, 1.54) is 5.56 Å². The minimum Gasteiger partial charge on any atom is -0.384 e. The Morgan fingerprint density at radius 2 is 2.16 bits per heavy atom. The minimum atomic E-state index is -3.44. The number of fused-ring (bicyclic) bond motifs is 1. The van der Waals surface area contributed by atoms with Gasteiger partial charge in [0.25, 0.3) is 0 Å². The highest BCUT2D eigenvalue weighted by Gasteiger charge is 2.20. The van der Waals surface area contributed by atoms with Gasteiger partial charge in [0.05, 0.1) is 4.90 Å². The Balaban J connectivity index is 2.15. The first kappa shape index (κ1) is 14.3. The first-order valence-corrected chi connectivity index (χ1v) is 7.90. The van der Waals surface area contributed by atoms with Crippen molar-refractivity contribution < 1.29 is 8.42 Å². The first-order chi connectivity index (χ1) is 8.88. The fourth-order valence-corrected chi connectivity index (χ4v) is 3.62. The second-order valence-electron chi connectivity index (χ2n) is 5.28. The SMILES string of the molecule is CC(CN(C)C)NS(=O)(=O)c1ccc2c(c1)NCC2. The quantitative estimate of drug-likeness (QED) is 0.842. The molecule has 0 bridgehead atoms. The zero-order valence-electron chi connectivity index (χ0n) is 11.6. The van der Waals surface area contributed by atoms with Crippen molar-refractivity contribution in [3.63, 3.8) is 0 Å². The molecule has 1 aromatic rings. The number of benzene rings is 1. The normalized spacial score (nSPS) is 16.2. The lowest BCUT2D eigenvalue weighted by Gasteiger charge is -2.18. The maximum absolute atomic E-state index is 12.3. The number of hydrogen-bond donors (Lipinski definition) is 2. The van der Waals surface area contributed by atoms with E-state index in [1.54, 1.807) is 12.1 Å². The highest BCUT2D eigenvalue weighted by molar-refractivity contribution is 7.89. The summed E-state index contributed by atoms with van der Waals surface area (Å²) in [6.07, 6.45) is 0.958. The molecule has 0 aliphatic carbocycles. The van der Waals surface area contributed by atoms with Gasteiger partial charge in [-0.05, 0) is 45.1 Å². The van der Waals surface area contributed by atoms with Crippen molar-refractivity contribution in [1.29, 1.82) is 0 Å². The lowest BCUT2D eigenvalue weighted by atomic mass is 10.2. The van der Waals surface area contributed by atoms with Gasteiger partial charge in [0, 0.05) is 24.8 Å². The van der Waals surface area contributed by atoms with Crippen LogP contribution in [0.4, 0.5) is 5.69 Å². The highest BCUT2D eigenvalue weighted by Crippen LogP contribution is 2.25. The van der Waals surface area contributed by atoms with Crippen molar-refractivity contribution in [1.82, 2.24) is 9.62 Å². The maximum Gasteiger partial charge on any atom is 0.240 e. The Morgan fingerprint density at radius 3 is 2.84 bits per heavy atom. The number of rotatable bonds is 5. The van der Waals surface area contributed by atoms with E-state index in [4.69, 9.17) is 0 Å². The summed E-state index contributed by atoms with van der Waals surface area (Å²) in [5.41, 5.74) is 2.11. The van der Waals surface area contributed by atoms with Gasteiger partial charge in [0.2, 0.25) is 10.0 Å². The lowest BCUT2D eigenvalue weighted by molar-refractivity contribution is 0.370. The molecule has 0 aromatic heterocycles. The van der Waals surface area contributed by atoms with Gasteiger partial charge in [-0.3, -0.25) is 0 Å². The molecule has 1 unspecified atom stereocenters. The number of nitrogens with zero attached hydrogens (tertiary/aromatic N) is 1. The molecule has 2 rings (SSSR count). The fraction of sp³-hybridized carbons (Fsp3) is 0.538. The van der Waals surface area contributed by atoms with Crippen molar-refractivity contribution >= 4 is 15.7 Å². The van der Waals surface area contributed by atoms with Gasteiger partial charge in [0.15, 0.2) is 0 Å². The second-order valence-corrected chi connectivity index (χ2v) is 6.99. The molecule has 6 heteroatoms. The summed E-state index contributed by atoms with van der Waals surface area (Å²) in [5.74, 6) is 0. The Bertz CT molecular complexity index is 555. The van der Waals surface area contributed by atoms with Gasteiger partial charge >= 0.3 is 0 Å². The predicted molar refractivity (Wildman–Crippen MR) is 77.0 cm³/mol. The minimum absolute atomic E-state index is 0.124. The predicted octanol–water partition coefficient (Wildman–Crippen LogP) is 0.883. The number of nitrogens with one attached hydrogen (secondary N) is 2. The average molecular weight is 283 g/mol. The number of likely N-dealkylation sites (N-methyl/N-ethyl adjacent to an activating group) is 1. The molecule has 0 saturated carbocycles. The summed E-state index contributed by atoms with van der Waals surface area (Å²) in [6, 6.07) is 5.16. The van der Waals surface area contributed by atoms with E-state index in [0.717, 1.165) is 18.7 Å². The second kappa shape index (κ2) is 5.48. The molecule has 1 aliphatic heterocycles. The zero-order chi connectivity index (χ0) is 14.0. The number of anilines is 1. The fourth-order valence-electron chi connectivity index (χ4n) is 2.36. The Morgan fingerprint density at radius 1 is 1.42 bits per heavy atom. The molecule has 5 nitrogen and oxygen atoms in total. The van der Waals surface area contributed by atoms with E-state index in [1.807, 2.05) is 32.0 Å². The van der Waals surface area contributed by atoms with Gasteiger partial charge < -0.3 is 10.2 Å². The van der Waals surface area contributed by atoms with Crippen LogP contribution >= 0.6 is 0 Å². The summed E-state index contributed by atoms with van der Waals surface area (Å²) in [5, 5.41) is 3.20. The average Bonchev–Trinajstić information content (AvgIpc) is 2.73. The molecule has 0 radical (unpaired) electrons. The van der Waals surface area contributed by atoms with Crippen LogP contribution in [0.1, 0.15) is 12.5 Å². The van der Waals surface area contributed by atoms with Crippen LogP contribution in [0, 0.1) is 0 Å². The molecule has 1 atom stereocenters. The van der Waals surface area contributed by atoms with Gasteiger partial charge in [-0.25, -0.2) is 13.1 Å². The lowest BCUT2D eigenvalue weighted by Crippen LogP contribution is -2.39. The van der Waals surface area contributed by atoms with Gasteiger partial charge in [-0.15, -0.1) is 0 Å². The third-order valence-electron chi connectivity index (χ3n) is 3.10. The monoisotopic (exact) mass is 283 g/mol. The molecule has 1 aromatic carbocycles. The van der Waals surface area contributed by atoms with Crippen LogP contribution in [-0.4, -0.2) is 46.5 Å². The van der Waals surface area contributed by atoms with Crippen LogP contribution in [-0.2, 0) is 16.4 Å². The van der Waals surface area contributed by atoms with Crippen LogP contribution in [0.5, 0.6) is 0 Å². The van der Waals surface area contributed by atoms with E-state index in [2.05, 4.69) is 10.0 Å². The molecular formula is C13H21N3O2S. The summed E-state index contributed by atoms with van der Waals surface area (Å²) in [4.78, 5) is 2.28. The van der Waals surface area contributed by atoms with Crippen LogP contribution in [0.15, 0.2) is 23.1 Å². The van der Waals surface area contributed by atoms with E-state index in [9.17, 15) is 8.42 Å². The van der Waals surface area contributed by atoms with Crippen molar-refractivity contribution in [2.45, 2.75) is 24.3 Å². The zero-order valence-corrected chi connectivity index (χ0v) is 12.4. The van der Waals surface area contributed by atoms with Crippen molar-refractivity contribution in [3.8, 4) is 0 Å². The van der Waals surface area contributed by atoms with E-state index in [-0.39, 0.29) is 6.04 Å². The van der Waals surface area contributed by atoms with Crippen molar-refractivity contribution in [3.05, 3.63) is 23.8 Å². The molecule has 0 fully saturated rings. The molecule has 0 amide bonds. The molecule has 2 N–H and O–H groups in total. The molecule has 0 saturated heterocycles. The molecule has 1 aliphatic rings. The molecule has 0 spiro atoms. The van der Waals surface area contributed by atoms with E-state index < -0.39 is 10.0 Å². The van der Waals surface area contributed by atoms with Crippen molar-refractivity contribution in [2.75, 3.05) is 32.5 Å². The third-order valence-corrected chi connectivity index (χ3v) is 4.68. The summed E-state index contributed by atoms with van der Waals surface area (Å²) < 4.78 is 27.2. The Hall–Kier alpha value is -1.11. The number of hydrogen-bond acceptors (Lipinski definition) is 4.